The van der Waals surface area contributed by atoms with Crippen LogP contribution in [0.25, 0.3) is 0 Å². The molecule has 9 saturated carbocycles. The van der Waals surface area contributed by atoms with E-state index in [0.717, 1.165) is 47.0 Å². The van der Waals surface area contributed by atoms with Crippen LogP contribution in [0, 0.1) is 46.3 Å². The molecule has 2 aromatic rings. The molecule has 0 aliphatic heterocycles. The Bertz CT molecular complexity index is 1760. The van der Waals surface area contributed by atoms with Crippen molar-refractivity contribution in [1.29, 1.82) is 0 Å². The maximum atomic E-state index is 12.6. The van der Waals surface area contributed by atoms with Crippen LogP contribution in [-0.4, -0.2) is 20.7 Å². The van der Waals surface area contributed by atoms with Gasteiger partial charge in [-0.1, -0.05) is 119 Å². The average Bonchev–Trinajstić information content (AvgIpc) is 3.12. The number of phenolic OH excluding ortho intramolecular Hbond substituents is 2. The van der Waals surface area contributed by atoms with Crippen molar-refractivity contribution in [2.45, 2.75) is 241 Å². The van der Waals surface area contributed by atoms with Crippen LogP contribution in [0.15, 0.2) is 24.3 Å². The van der Waals surface area contributed by atoms with Gasteiger partial charge in [0.2, 0.25) is 0 Å². The van der Waals surface area contributed by atoms with Gasteiger partial charge < -0.3 is 10.2 Å². The number of phenols is 2. The summed E-state index contributed by atoms with van der Waals surface area (Å²) in [5, 5.41) is 26.3. The van der Waals surface area contributed by atoms with Gasteiger partial charge in [0.15, 0.2) is 0 Å². The smallest absolute Gasteiger partial charge is 0.123 e. The van der Waals surface area contributed by atoms with E-state index >= 15 is 0 Å². The number of thioether (sulfide) groups is 2. The van der Waals surface area contributed by atoms with Crippen LogP contribution in [0.3, 0.4) is 0 Å². The minimum Gasteiger partial charge on any atom is -0.507 e. The number of benzene rings is 2. The molecule has 0 amide bonds. The zero-order valence-electron chi connectivity index (χ0n) is 41.2. The minimum absolute atomic E-state index is 0.0338. The number of rotatable bonds is 12. The quantitative estimate of drug-likeness (QED) is 0.223. The van der Waals surface area contributed by atoms with Crippen molar-refractivity contribution in [3.63, 3.8) is 0 Å². The molecule has 9 aliphatic carbocycles. The van der Waals surface area contributed by atoms with Gasteiger partial charge in [-0.3, -0.25) is 0 Å². The van der Waals surface area contributed by atoms with Gasteiger partial charge in [0, 0.05) is 55.1 Å². The zero-order valence-corrected chi connectivity index (χ0v) is 42.8. The molecule has 0 heterocycles. The van der Waals surface area contributed by atoms with Crippen molar-refractivity contribution in [2.75, 3.05) is 0 Å². The Morgan fingerprint density at radius 1 is 0.532 bits per heavy atom. The van der Waals surface area contributed by atoms with Crippen LogP contribution in [0.4, 0.5) is 0 Å². The molecule has 344 valence electrons. The van der Waals surface area contributed by atoms with E-state index in [1.165, 1.54) is 162 Å². The van der Waals surface area contributed by atoms with Gasteiger partial charge in [-0.25, -0.2) is 0 Å². The van der Waals surface area contributed by atoms with Gasteiger partial charge in [0.05, 0.1) is 0 Å². The van der Waals surface area contributed by atoms with E-state index in [-0.39, 0.29) is 21.7 Å². The Kier molecular flexibility index (Phi) is 12.4. The van der Waals surface area contributed by atoms with Gasteiger partial charge in [0.1, 0.15) is 11.5 Å². The van der Waals surface area contributed by atoms with Crippen LogP contribution in [0.5, 0.6) is 11.5 Å². The standard InChI is InChI=1S/C58H88O2S2/c1-37(2)23-55-25-39-17-40(26-55)30-57(29-39,35-55)47-21-45(53(5,6)7)19-43(51(47)59)33-61-49-15-13-11-12-14-16-50(49)62-34-44-20-46(54(8,9)10)22-48(52(44)60)58-31-41-18-42(32-58)28-56(27-41,36-58)24-38(3)4/h19-22,37-42,49-50,59-60H,11-18,23-36H2,1-10H3/t39?,40?,41?,42?,49-,50?,55?,56?,57?,58?/m0/s1. The van der Waals surface area contributed by atoms with E-state index in [1.54, 1.807) is 0 Å². The van der Waals surface area contributed by atoms with Gasteiger partial charge in [-0.15, -0.1) is 0 Å². The van der Waals surface area contributed by atoms with E-state index in [1.807, 2.05) is 0 Å². The number of hydrogen-bond donors (Lipinski definition) is 2. The maximum absolute atomic E-state index is 12.6. The zero-order chi connectivity index (χ0) is 44.0. The molecule has 0 aromatic heterocycles. The molecule has 62 heavy (non-hydrogen) atoms. The molecule has 9 aliphatic rings. The summed E-state index contributed by atoms with van der Waals surface area (Å²) in [7, 11) is 0. The summed E-state index contributed by atoms with van der Waals surface area (Å²) >= 11 is 4.31. The van der Waals surface area contributed by atoms with E-state index in [2.05, 4.69) is 117 Å². The average molecular weight is 881 g/mol. The first-order valence-corrected chi connectivity index (χ1v) is 28.2. The van der Waals surface area contributed by atoms with Crippen molar-refractivity contribution in [3.8, 4) is 11.5 Å². The summed E-state index contributed by atoms with van der Waals surface area (Å²) < 4.78 is 0. The normalized spacial score (nSPS) is 36.8. The molecule has 6 atom stereocenters. The highest BCUT2D eigenvalue weighted by Gasteiger charge is 2.60. The Morgan fingerprint density at radius 2 is 0.887 bits per heavy atom. The molecule has 2 N–H and O–H groups in total. The fourth-order valence-electron chi connectivity index (χ4n) is 17.2. The lowest BCUT2D eigenvalue weighted by molar-refractivity contribution is -0.0823. The number of hydrogen-bond acceptors (Lipinski definition) is 4. The predicted molar refractivity (Wildman–Crippen MR) is 268 cm³/mol. The first-order valence-electron chi connectivity index (χ1n) is 26.1. The van der Waals surface area contributed by atoms with E-state index < -0.39 is 0 Å². The van der Waals surface area contributed by atoms with Crippen molar-refractivity contribution in [2.24, 2.45) is 46.3 Å². The van der Waals surface area contributed by atoms with Gasteiger partial charge in [-0.2, -0.15) is 23.5 Å². The number of aromatic hydroxyl groups is 2. The summed E-state index contributed by atoms with van der Waals surface area (Å²) in [5.74, 6) is 7.85. The Hall–Kier alpha value is -1.26. The Morgan fingerprint density at radius 3 is 1.21 bits per heavy atom. The minimum atomic E-state index is 0.0338. The Balaban J connectivity index is 0.989. The first kappa shape index (κ1) is 45.9. The van der Waals surface area contributed by atoms with Crippen LogP contribution < -0.4 is 0 Å². The second-order valence-corrected chi connectivity index (χ2v) is 29.4. The third-order valence-corrected chi connectivity index (χ3v) is 21.5. The SMILES string of the molecule is CC(C)CC12CC3CC(C1)CC(c1cc(C(C)(C)C)cc(CSC4CCCCCC[C@@H]4SCc4cc(C(C)(C)C)cc(C56CC7CC(CC(CC(C)C)(C7)C5)C6)c4O)c1O)(C3)C2. The van der Waals surface area contributed by atoms with Gasteiger partial charge in [0.25, 0.3) is 0 Å². The molecule has 0 spiro atoms. The second kappa shape index (κ2) is 16.8. The fraction of sp³-hybridized carbons (Fsp3) is 0.793. The second-order valence-electron chi connectivity index (χ2n) is 26.9. The third-order valence-electron chi connectivity index (χ3n) is 18.3. The molecule has 2 aromatic carbocycles. The highest BCUT2D eigenvalue weighted by Crippen LogP contribution is 2.70. The molecule has 5 unspecified atom stereocenters. The first-order chi connectivity index (χ1) is 29.2. The van der Waals surface area contributed by atoms with Crippen molar-refractivity contribution in [1.82, 2.24) is 0 Å². The molecule has 9 fully saturated rings. The highest BCUT2D eigenvalue weighted by atomic mass is 32.2. The van der Waals surface area contributed by atoms with Crippen LogP contribution in [0.2, 0.25) is 0 Å². The lowest BCUT2D eigenvalue weighted by atomic mass is 9.41. The van der Waals surface area contributed by atoms with Gasteiger partial charge in [-0.05, 0) is 171 Å². The maximum Gasteiger partial charge on any atom is 0.123 e. The van der Waals surface area contributed by atoms with Crippen molar-refractivity contribution in [3.05, 3.63) is 57.6 Å². The summed E-state index contributed by atoms with van der Waals surface area (Å²) in [4.78, 5) is 0. The Labute approximate surface area is 388 Å². The third kappa shape index (κ3) is 8.97. The summed E-state index contributed by atoms with van der Waals surface area (Å²) in [6, 6.07) is 9.81. The molecular weight excluding hydrogens is 793 g/mol. The predicted octanol–water partition coefficient (Wildman–Crippen LogP) is 16.7. The monoisotopic (exact) mass is 881 g/mol. The van der Waals surface area contributed by atoms with Gasteiger partial charge >= 0.3 is 0 Å². The molecule has 8 bridgehead atoms. The molecule has 2 nitrogen and oxygen atoms in total. The molecule has 0 saturated heterocycles. The summed E-state index contributed by atoms with van der Waals surface area (Å²) in [5.41, 5.74) is 9.14. The summed E-state index contributed by atoms with van der Waals surface area (Å²) in [6.45, 7) is 24.0. The lowest BCUT2D eigenvalue weighted by Crippen LogP contribution is -2.54. The van der Waals surface area contributed by atoms with Crippen molar-refractivity contribution < 1.29 is 10.2 Å². The highest BCUT2D eigenvalue weighted by molar-refractivity contribution is 8.03. The van der Waals surface area contributed by atoms with Crippen molar-refractivity contribution >= 4 is 23.5 Å². The van der Waals surface area contributed by atoms with E-state index in [0.29, 0.717) is 32.8 Å². The van der Waals surface area contributed by atoms with Crippen LogP contribution in [-0.2, 0) is 33.2 Å². The van der Waals surface area contributed by atoms with Crippen LogP contribution in [0.1, 0.15) is 231 Å². The largest absolute Gasteiger partial charge is 0.507 e. The lowest BCUT2D eigenvalue weighted by Gasteiger charge is -2.63. The molecule has 11 rings (SSSR count). The van der Waals surface area contributed by atoms with E-state index in [9.17, 15) is 10.2 Å². The summed E-state index contributed by atoms with van der Waals surface area (Å²) in [6.07, 6.45) is 26.7. The van der Waals surface area contributed by atoms with Crippen LogP contribution >= 0.6 is 23.5 Å². The topological polar surface area (TPSA) is 40.5 Å². The molecule has 0 radical (unpaired) electrons. The molecular formula is C58H88O2S2. The molecule has 4 heteroatoms. The van der Waals surface area contributed by atoms with E-state index in [4.69, 9.17) is 0 Å². The fourth-order valence-corrected chi connectivity index (χ4v) is 20.3.